The van der Waals surface area contributed by atoms with Crippen LogP contribution >= 0.6 is 11.9 Å². The van der Waals surface area contributed by atoms with Crippen molar-refractivity contribution in [3.63, 3.8) is 0 Å². The second-order valence-electron chi connectivity index (χ2n) is 1.93. The molecule has 0 amide bonds. The van der Waals surface area contributed by atoms with Gasteiger partial charge in [0.25, 0.3) is 0 Å². The highest BCUT2D eigenvalue weighted by Gasteiger charge is 1.86. The van der Waals surface area contributed by atoms with E-state index in [-0.39, 0.29) is 0 Å². The van der Waals surface area contributed by atoms with Crippen LogP contribution in [0.4, 0.5) is 0 Å². The van der Waals surface area contributed by atoms with Crippen LogP contribution in [0.15, 0.2) is 24.3 Å². The lowest BCUT2D eigenvalue weighted by Gasteiger charge is -1.98. The zero-order valence-electron chi connectivity index (χ0n) is 5.92. The van der Waals surface area contributed by atoms with Crippen molar-refractivity contribution in [1.29, 1.82) is 0 Å². The van der Waals surface area contributed by atoms with Gasteiger partial charge in [0.2, 0.25) is 0 Å². The second kappa shape index (κ2) is 4.36. The van der Waals surface area contributed by atoms with Gasteiger partial charge in [-0.1, -0.05) is 36.2 Å². The number of hydrogen-bond donors (Lipinski definition) is 1. The Balaban J connectivity index is 2.43. The van der Waals surface area contributed by atoms with Crippen molar-refractivity contribution >= 4 is 11.9 Å². The molecule has 0 saturated heterocycles. The van der Waals surface area contributed by atoms with E-state index in [4.69, 9.17) is 0 Å². The first-order valence-electron chi connectivity index (χ1n) is 3.14. The molecule has 0 unspecified atom stereocenters. The highest BCUT2D eigenvalue weighted by Crippen LogP contribution is 1.98. The summed E-state index contributed by atoms with van der Waals surface area (Å²) >= 11 is 1.64. The lowest BCUT2D eigenvalue weighted by Crippen LogP contribution is -2.00. The maximum Gasteiger partial charge on any atom is 0.0309 e. The normalized spacial score (nSPS) is 9.70. The van der Waals surface area contributed by atoms with Gasteiger partial charge in [0.05, 0.1) is 0 Å². The van der Waals surface area contributed by atoms with E-state index in [0.29, 0.717) is 0 Å². The van der Waals surface area contributed by atoms with Crippen LogP contribution in [0.25, 0.3) is 0 Å². The molecule has 0 aliphatic rings. The van der Waals surface area contributed by atoms with E-state index in [1.165, 1.54) is 5.56 Å². The number of nitrogens with one attached hydrogen (secondary N) is 1. The summed E-state index contributed by atoms with van der Waals surface area (Å²) in [5.41, 5.74) is 1.30. The molecule has 0 aliphatic carbocycles. The number of hydrogen-bond acceptors (Lipinski definition) is 2. The van der Waals surface area contributed by atoms with Gasteiger partial charge in [0.1, 0.15) is 0 Å². The van der Waals surface area contributed by atoms with Gasteiger partial charge < -0.3 is 0 Å². The van der Waals surface area contributed by atoms with E-state index in [1.807, 2.05) is 18.4 Å². The van der Waals surface area contributed by atoms with Crippen LogP contribution in [0.3, 0.4) is 0 Å². The fourth-order valence-corrected chi connectivity index (χ4v) is 1.01. The largest absolute Gasteiger partial charge is 0.260 e. The van der Waals surface area contributed by atoms with Crippen molar-refractivity contribution < 1.29 is 0 Å². The smallest absolute Gasteiger partial charge is 0.0309 e. The van der Waals surface area contributed by atoms with Crippen molar-refractivity contribution in [1.82, 2.24) is 4.72 Å². The summed E-state index contributed by atoms with van der Waals surface area (Å²) in [5.74, 6) is 0. The zero-order chi connectivity index (χ0) is 7.23. The van der Waals surface area contributed by atoms with E-state index in [0.717, 1.165) is 6.54 Å². The van der Waals surface area contributed by atoms with E-state index in [1.54, 1.807) is 11.9 Å². The SMILES string of the molecule is CSNCc1cc[c]cc1. The van der Waals surface area contributed by atoms with Crippen molar-refractivity contribution in [2.45, 2.75) is 6.54 Å². The van der Waals surface area contributed by atoms with Crippen LogP contribution in [0.2, 0.25) is 0 Å². The molecule has 0 spiro atoms. The maximum absolute atomic E-state index is 3.17. The van der Waals surface area contributed by atoms with Crippen molar-refractivity contribution in [3.8, 4) is 0 Å². The van der Waals surface area contributed by atoms with Crippen molar-refractivity contribution in [2.24, 2.45) is 0 Å². The molecule has 1 aromatic rings. The molecule has 2 heteroatoms. The Kier molecular flexibility index (Phi) is 3.33. The predicted octanol–water partition coefficient (Wildman–Crippen LogP) is 1.85. The molecular weight excluding hydrogens is 142 g/mol. The lowest BCUT2D eigenvalue weighted by atomic mass is 10.2. The average Bonchev–Trinajstić information content (AvgIpc) is 2.03. The molecule has 0 heterocycles. The van der Waals surface area contributed by atoms with E-state index in [9.17, 15) is 0 Å². The predicted molar refractivity (Wildman–Crippen MR) is 45.6 cm³/mol. The van der Waals surface area contributed by atoms with Crippen molar-refractivity contribution in [2.75, 3.05) is 6.26 Å². The van der Waals surface area contributed by atoms with Crippen LogP contribution < -0.4 is 4.72 Å². The van der Waals surface area contributed by atoms with Gasteiger partial charge in [-0.2, -0.15) is 0 Å². The third-order valence-corrected chi connectivity index (χ3v) is 1.64. The minimum absolute atomic E-state index is 0.926. The molecule has 0 aromatic heterocycles. The van der Waals surface area contributed by atoms with Crippen LogP contribution in [0.1, 0.15) is 5.56 Å². The molecule has 1 nitrogen and oxygen atoms in total. The van der Waals surface area contributed by atoms with Gasteiger partial charge in [-0.3, -0.25) is 4.72 Å². The first kappa shape index (κ1) is 7.63. The summed E-state index contributed by atoms with van der Waals surface area (Å²) < 4.78 is 3.17. The minimum atomic E-state index is 0.926. The second-order valence-corrected chi connectivity index (χ2v) is 2.63. The average molecular weight is 152 g/mol. The Hall–Kier alpha value is -0.470. The van der Waals surface area contributed by atoms with Crippen LogP contribution in [-0.2, 0) is 6.54 Å². The highest BCUT2D eigenvalue weighted by atomic mass is 32.2. The topological polar surface area (TPSA) is 12.0 Å². The van der Waals surface area contributed by atoms with Gasteiger partial charge in [-0.05, 0) is 17.9 Å². The first-order chi connectivity index (χ1) is 4.93. The standard InChI is InChI=1S/C8H10NS/c1-10-9-7-8-5-3-2-4-6-8/h3-6,9H,7H2,1H3. The van der Waals surface area contributed by atoms with Gasteiger partial charge in [0, 0.05) is 6.54 Å². The fourth-order valence-electron chi connectivity index (χ4n) is 0.695. The van der Waals surface area contributed by atoms with Gasteiger partial charge >= 0.3 is 0 Å². The Bertz CT molecular complexity index is 174. The summed E-state index contributed by atoms with van der Waals surface area (Å²) in [5, 5.41) is 0. The fraction of sp³-hybridized carbons (Fsp3) is 0.250. The number of benzene rings is 1. The molecule has 1 radical (unpaired) electrons. The maximum atomic E-state index is 3.17. The molecule has 53 valence electrons. The van der Waals surface area contributed by atoms with Gasteiger partial charge in [-0.25, -0.2) is 0 Å². The minimum Gasteiger partial charge on any atom is -0.260 e. The molecule has 0 aliphatic heterocycles. The molecule has 1 aromatic carbocycles. The molecule has 0 atom stereocenters. The van der Waals surface area contributed by atoms with Crippen LogP contribution in [0, 0.1) is 6.07 Å². The molecule has 10 heavy (non-hydrogen) atoms. The van der Waals surface area contributed by atoms with Crippen LogP contribution in [-0.4, -0.2) is 6.26 Å². The summed E-state index contributed by atoms with van der Waals surface area (Å²) in [6.45, 7) is 0.926. The Morgan fingerprint density at radius 1 is 1.50 bits per heavy atom. The first-order valence-corrected chi connectivity index (χ1v) is 4.37. The summed E-state index contributed by atoms with van der Waals surface area (Å²) in [4.78, 5) is 0. The van der Waals surface area contributed by atoms with Crippen molar-refractivity contribution in [3.05, 3.63) is 35.9 Å². The lowest BCUT2D eigenvalue weighted by molar-refractivity contribution is 0.980. The third-order valence-electron chi connectivity index (χ3n) is 1.21. The van der Waals surface area contributed by atoms with Crippen LogP contribution in [0.5, 0.6) is 0 Å². The molecule has 0 saturated carbocycles. The molecule has 0 fully saturated rings. The molecular formula is C8H10NS. The van der Waals surface area contributed by atoms with E-state index >= 15 is 0 Å². The van der Waals surface area contributed by atoms with E-state index < -0.39 is 0 Å². The third kappa shape index (κ3) is 2.42. The Morgan fingerprint density at radius 2 is 2.20 bits per heavy atom. The zero-order valence-corrected chi connectivity index (χ0v) is 6.74. The van der Waals surface area contributed by atoms with Gasteiger partial charge in [0.15, 0.2) is 0 Å². The summed E-state index contributed by atoms with van der Waals surface area (Å²) in [6, 6.07) is 10.9. The Labute approximate surface area is 66.0 Å². The summed E-state index contributed by atoms with van der Waals surface area (Å²) in [7, 11) is 0. The van der Waals surface area contributed by atoms with Gasteiger partial charge in [-0.15, -0.1) is 0 Å². The highest BCUT2D eigenvalue weighted by molar-refractivity contribution is 7.96. The quantitative estimate of drug-likeness (QED) is 0.663. The molecule has 1 rings (SSSR count). The molecule has 0 bridgehead atoms. The number of rotatable bonds is 3. The summed E-state index contributed by atoms with van der Waals surface area (Å²) in [6.07, 6.45) is 2.02. The monoisotopic (exact) mass is 152 g/mol. The Morgan fingerprint density at radius 3 is 2.80 bits per heavy atom. The van der Waals surface area contributed by atoms with E-state index in [2.05, 4.69) is 22.9 Å². The molecule has 1 N–H and O–H groups in total.